The number of benzene rings is 2. The van der Waals surface area contributed by atoms with Crippen LogP contribution in [-0.2, 0) is 4.79 Å². The molecular weight excluding hydrogens is 575 g/mol. The van der Waals surface area contributed by atoms with Crippen molar-refractivity contribution in [2.24, 2.45) is 5.73 Å². The van der Waals surface area contributed by atoms with E-state index in [0.717, 1.165) is 47.9 Å². The van der Waals surface area contributed by atoms with Gasteiger partial charge in [0.15, 0.2) is 0 Å². The van der Waals surface area contributed by atoms with Gasteiger partial charge >= 0.3 is 0 Å². The number of nitrogens with two attached hydrogens (primary N) is 1. The number of carbonyl (C=O) groups excluding carboxylic acids is 1. The highest BCUT2D eigenvalue weighted by Crippen LogP contribution is 2.38. The van der Waals surface area contributed by atoms with E-state index in [0.29, 0.717) is 18.7 Å². The fraction of sp³-hybridized carbons (Fsp3) is 0.211. The van der Waals surface area contributed by atoms with Crippen LogP contribution < -0.4 is 15.8 Å². The van der Waals surface area contributed by atoms with Crippen molar-refractivity contribution in [1.29, 1.82) is 0 Å². The Bertz CT molecular complexity index is 861. The summed E-state index contributed by atoms with van der Waals surface area (Å²) in [5.74, 6) is 0.673. The molecule has 3 N–H and O–H groups in total. The summed E-state index contributed by atoms with van der Waals surface area (Å²) < 4.78 is 8.61. The quantitative estimate of drug-likeness (QED) is 0.268. The zero-order chi connectivity index (χ0) is 18.7. The van der Waals surface area contributed by atoms with Gasteiger partial charge in [0.05, 0.1) is 15.6 Å². The maximum Gasteiger partial charge on any atom is 0.256 e. The molecule has 1 heterocycles. The lowest BCUT2D eigenvalue weighted by Crippen LogP contribution is -2.04. The molecule has 26 heavy (non-hydrogen) atoms. The number of anilines is 1. The third kappa shape index (κ3) is 4.49. The average molecular weight is 592 g/mol. The first kappa shape index (κ1) is 19.9. The molecule has 0 atom stereocenters. The van der Waals surface area contributed by atoms with Crippen LogP contribution in [0.3, 0.4) is 0 Å². The van der Waals surface area contributed by atoms with Gasteiger partial charge in [-0.1, -0.05) is 0 Å². The van der Waals surface area contributed by atoms with Crippen LogP contribution in [0.15, 0.2) is 39.3 Å². The molecule has 7 heteroatoms. The molecule has 1 amide bonds. The molecule has 3 rings (SSSR count). The zero-order valence-corrected chi connectivity index (χ0v) is 19.1. The summed E-state index contributed by atoms with van der Waals surface area (Å²) in [5, 5.41) is 2.91. The lowest BCUT2D eigenvalue weighted by atomic mass is 10.0. The van der Waals surface area contributed by atoms with Gasteiger partial charge in [-0.2, -0.15) is 0 Å². The molecule has 0 saturated heterocycles. The molecule has 0 radical (unpaired) electrons. The van der Waals surface area contributed by atoms with E-state index >= 15 is 0 Å². The molecule has 0 fully saturated rings. The summed E-state index contributed by atoms with van der Waals surface area (Å²) in [4.78, 5) is 12.3. The van der Waals surface area contributed by atoms with E-state index in [1.165, 1.54) is 0 Å². The van der Waals surface area contributed by atoms with Gasteiger partial charge in [0, 0.05) is 20.4 Å². The normalized spacial score (nSPS) is 14.5. The van der Waals surface area contributed by atoms with Crippen molar-refractivity contribution >= 4 is 77.7 Å². The number of unbranched alkanes of at least 4 members (excludes halogenated alkanes) is 1. The SMILES string of the molecule is NCCCCOc1c(Br)cc(C=C2C(=O)Nc3ccc(I)cc32)cc1Br. The van der Waals surface area contributed by atoms with E-state index in [9.17, 15) is 4.79 Å². The first-order valence-corrected chi connectivity index (χ1v) is 10.8. The van der Waals surface area contributed by atoms with Crippen LogP contribution in [0.25, 0.3) is 11.6 Å². The predicted molar refractivity (Wildman–Crippen MR) is 121 cm³/mol. The Morgan fingerprint density at radius 1 is 1.15 bits per heavy atom. The fourth-order valence-corrected chi connectivity index (χ4v) is 4.63. The van der Waals surface area contributed by atoms with Crippen molar-refractivity contribution in [1.82, 2.24) is 0 Å². The molecule has 0 aromatic heterocycles. The van der Waals surface area contributed by atoms with Crippen LogP contribution in [-0.4, -0.2) is 19.1 Å². The van der Waals surface area contributed by atoms with Gasteiger partial charge in [0.1, 0.15) is 5.75 Å². The molecule has 0 spiro atoms. The molecular formula is C19H17Br2IN2O2. The van der Waals surface area contributed by atoms with Crippen LogP contribution in [0, 0.1) is 3.57 Å². The third-order valence-corrected chi connectivity index (χ3v) is 5.79. The molecule has 0 saturated carbocycles. The number of halogens is 3. The molecule has 136 valence electrons. The Labute approximate surface area is 183 Å². The van der Waals surface area contributed by atoms with Crippen LogP contribution in [0.1, 0.15) is 24.0 Å². The molecule has 1 aliphatic heterocycles. The second-order valence-electron chi connectivity index (χ2n) is 5.86. The largest absolute Gasteiger partial charge is 0.491 e. The predicted octanol–water partition coefficient (Wildman–Crippen LogP) is 5.43. The second kappa shape index (κ2) is 8.86. The standard InChI is InChI=1S/C19H17Br2IN2O2/c20-15-8-11(9-16(21)18(15)26-6-2-1-5-23)7-14-13-10-12(22)3-4-17(13)24-19(14)25/h3-4,7-10H,1-2,5-6,23H2,(H,24,25). The van der Waals surface area contributed by atoms with Crippen LogP contribution in [0.5, 0.6) is 5.75 Å². The summed E-state index contributed by atoms with van der Waals surface area (Å²) in [6.07, 6.45) is 3.74. The van der Waals surface area contributed by atoms with Crippen molar-refractivity contribution in [2.75, 3.05) is 18.5 Å². The van der Waals surface area contributed by atoms with E-state index < -0.39 is 0 Å². The Morgan fingerprint density at radius 3 is 2.58 bits per heavy atom. The van der Waals surface area contributed by atoms with Crippen LogP contribution >= 0.6 is 54.5 Å². The molecule has 0 aliphatic carbocycles. The summed E-state index contributed by atoms with van der Waals surface area (Å²) in [5.41, 5.74) is 8.85. The highest BCUT2D eigenvalue weighted by Gasteiger charge is 2.24. The van der Waals surface area contributed by atoms with Gasteiger partial charge < -0.3 is 15.8 Å². The fourth-order valence-electron chi connectivity index (χ4n) is 2.69. The van der Waals surface area contributed by atoms with Crippen molar-refractivity contribution in [3.63, 3.8) is 0 Å². The molecule has 2 aromatic carbocycles. The number of carbonyl (C=O) groups is 1. The third-order valence-electron chi connectivity index (χ3n) is 3.94. The number of rotatable bonds is 6. The van der Waals surface area contributed by atoms with E-state index in [4.69, 9.17) is 10.5 Å². The smallest absolute Gasteiger partial charge is 0.256 e. The van der Waals surface area contributed by atoms with E-state index in [1.807, 2.05) is 36.4 Å². The Hall–Kier alpha value is -0.900. The molecule has 1 aliphatic rings. The van der Waals surface area contributed by atoms with Crippen molar-refractivity contribution < 1.29 is 9.53 Å². The minimum absolute atomic E-state index is 0.0867. The lowest BCUT2D eigenvalue weighted by molar-refractivity contribution is -0.110. The van der Waals surface area contributed by atoms with Gasteiger partial charge in [-0.3, -0.25) is 4.79 Å². The van der Waals surface area contributed by atoms with Crippen LogP contribution in [0.2, 0.25) is 0 Å². The summed E-state index contributed by atoms with van der Waals surface area (Å²) in [6.45, 7) is 1.28. The average Bonchev–Trinajstić information content (AvgIpc) is 2.89. The first-order valence-electron chi connectivity index (χ1n) is 8.14. The number of hydrogen-bond donors (Lipinski definition) is 2. The van der Waals surface area contributed by atoms with E-state index in [1.54, 1.807) is 0 Å². The number of nitrogens with one attached hydrogen (secondary N) is 1. The minimum Gasteiger partial charge on any atom is -0.491 e. The van der Waals surface area contributed by atoms with Crippen molar-refractivity contribution in [3.8, 4) is 5.75 Å². The summed E-state index contributed by atoms with van der Waals surface area (Å²) >= 11 is 9.38. The maximum absolute atomic E-state index is 12.3. The van der Waals surface area contributed by atoms with Gasteiger partial charge in [-0.25, -0.2) is 0 Å². The van der Waals surface area contributed by atoms with Gasteiger partial charge in [0.25, 0.3) is 5.91 Å². The zero-order valence-electron chi connectivity index (χ0n) is 13.8. The van der Waals surface area contributed by atoms with Gasteiger partial charge in [0.2, 0.25) is 0 Å². The first-order chi connectivity index (χ1) is 12.5. The highest BCUT2D eigenvalue weighted by molar-refractivity contribution is 14.1. The monoisotopic (exact) mass is 590 g/mol. The Morgan fingerprint density at radius 2 is 1.88 bits per heavy atom. The second-order valence-corrected chi connectivity index (χ2v) is 8.81. The van der Waals surface area contributed by atoms with E-state index in [-0.39, 0.29) is 5.91 Å². The molecule has 0 unspecified atom stereocenters. The Kier molecular flexibility index (Phi) is 6.76. The number of ether oxygens (including phenoxy) is 1. The maximum atomic E-state index is 12.3. The minimum atomic E-state index is -0.0867. The Balaban J connectivity index is 1.88. The van der Waals surface area contributed by atoms with Crippen molar-refractivity contribution in [3.05, 3.63) is 54.0 Å². The summed E-state index contributed by atoms with van der Waals surface area (Å²) in [7, 11) is 0. The van der Waals surface area contributed by atoms with Gasteiger partial charge in [-0.05, 0) is 116 Å². The molecule has 4 nitrogen and oxygen atoms in total. The summed E-state index contributed by atoms with van der Waals surface area (Å²) in [6, 6.07) is 9.83. The lowest BCUT2D eigenvalue weighted by Gasteiger charge is -2.11. The van der Waals surface area contributed by atoms with Crippen molar-refractivity contribution in [2.45, 2.75) is 12.8 Å². The number of amides is 1. The highest BCUT2D eigenvalue weighted by atomic mass is 127. The topological polar surface area (TPSA) is 64.3 Å². The molecule has 0 bridgehead atoms. The number of hydrogen-bond acceptors (Lipinski definition) is 3. The van der Waals surface area contributed by atoms with Crippen LogP contribution in [0.4, 0.5) is 5.69 Å². The van der Waals surface area contributed by atoms with Gasteiger partial charge in [-0.15, -0.1) is 0 Å². The number of fused-ring (bicyclic) bond motifs is 1. The van der Waals surface area contributed by atoms with E-state index in [2.05, 4.69) is 59.8 Å². The molecule has 2 aromatic rings.